The first-order chi connectivity index (χ1) is 2.73. The molecule has 0 aromatic rings. The predicted octanol–water partition coefficient (Wildman–Crippen LogP) is -1.12. The summed E-state index contributed by atoms with van der Waals surface area (Å²) in [6, 6.07) is 0. The van der Waals surface area contributed by atoms with E-state index in [0.29, 0.717) is 16.2 Å². The Labute approximate surface area is 57.1 Å². The molecule has 0 radical (unpaired) electrons. The molecular weight excluding hydrogens is 241 g/mol. The van der Waals surface area contributed by atoms with Crippen molar-refractivity contribution in [3.05, 3.63) is 0 Å². The number of rotatable bonds is 0. The minimum absolute atomic E-state index is 0.611. The third-order valence-electron chi connectivity index (χ3n) is 0. The molecule has 0 heterocycles. The average Bonchev–Trinajstić information content (AvgIpc) is 1.41. The summed E-state index contributed by atoms with van der Waals surface area (Å²) in [4.78, 5) is 0. The van der Waals surface area contributed by atoms with Crippen molar-refractivity contribution in [3.8, 4) is 0 Å². The van der Waals surface area contributed by atoms with Gasteiger partial charge in [-0.15, -0.1) is 0 Å². The Hall–Kier alpha value is 1.07. The van der Waals surface area contributed by atoms with Gasteiger partial charge in [0.2, 0.25) is 0 Å². The van der Waals surface area contributed by atoms with Gasteiger partial charge in [-0.2, -0.15) is 0 Å². The van der Waals surface area contributed by atoms with Crippen molar-refractivity contribution in [2.24, 2.45) is 0 Å². The van der Waals surface area contributed by atoms with Crippen LogP contribution in [0.5, 0.6) is 0 Å². The summed E-state index contributed by atoms with van der Waals surface area (Å²) < 4.78 is 34.1. The van der Waals surface area contributed by atoms with Gasteiger partial charge in [0.05, 0.1) is 0 Å². The zero-order chi connectivity index (χ0) is 5.58. The first-order valence-corrected chi connectivity index (χ1v) is 4.57. The second-order valence-corrected chi connectivity index (χ2v) is 1.51. The Morgan fingerprint density at radius 1 is 1.00 bits per heavy atom. The molecule has 0 spiro atoms. The van der Waals surface area contributed by atoms with E-state index in [1.54, 1.807) is 0 Å². The van der Waals surface area contributed by atoms with E-state index in [-0.39, 0.29) is 0 Å². The van der Waals surface area contributed by atoms with Crippen molar-refractivity contribution in [1.29, 1.82) is 0 Å². The Balaban J connectivity index is 0. The van der Waals surface area contributed by atoms with E-state index in [9.17, 15) is 0 Å². The van der Waals surface area contributed by atoms with Gasteiger partial charge in [-0.3, -0.25) is 0 Å². The maximum absolute atomic E-state index is 8.61. The van der Waals surface area contributed by atoms with Crippen LogP contribution in [-0.4, -0.2) is 16.2 Å². The SMILES string of the molecule is [O]=[AlH].[O]=[Sm](=[O])=[O]. The quantitative estimate of drug-likeness (QED) is 0.504. The Kier molecular flexibility index (Phi) is 15.9. The monoisotopic (exact) mass is 244 g/mol. The normalized spacial score (nSPS) is 4.50. The standard InChI is InChI=1S/Al.4O.Sm.H. The van der Waals surface area contributed by atoms with Gasteiger partial charge in [0.25, 0.3) is 0 Å². The molecule has 0 aromatic heterocycles. The molecule has 0 aliphatic heterocycles. The van der Waals surface area contributed by atoms with Crippen LogP contribution in [-0.2, 0) is 7.12 Å². The molecule has 0 aliphatic rings. The molecule has 0 saturated heterocycles. The second kappa shape index (κ2) is 9.42. The van der Waals surface area contributed by atoms with Crippen LogP contribution in [0.2, 0.25) is 0 Å². The first kappa shape index (κ1) is 10.1. The van der Waals surface area contributed by atoms with Gasteiger partial charge in [0.15, 0.2) is 0 Å². The molecule has 0 bridgehead atoms. The molecule has 6 heavy (non-hydrogen) atoms. The molecule has 0 N–H and O–H groups in total. The van der Waals surface area contributed by atoms with E-state index in [0.717, 1.165) is 0 Å². The summed E-state index contributed by atoms with van der Waals surface area (Å²) in [6.45, 7) is 0. The van der Waals surface area contributed by atoms with Gasteiger partial charge >= 0.3 is 57.9 Å². The molecule has 0 rings (SSSR count). The Morgan fingerprint density at radius 2 is 1.00 bits per heavy atom. The molecule has 6 heteroatoms. The molecule has 0 atom stereocenters. The molecule has 34 valence electrons. The maximum atomic E-state index is 8.61. The Bertz CT molecular complexity index is 87.7. The summed E-state index contributed by atoms with van der Waals surface area (Å²) in [5, 5.41) is 0. The minimum atomic E-state index is -4.28. The molecule has 4 nitrogen and oxygen atoms in total. The summed E-state index contributed by atoms with van der Waals surface area (Å²) in [7, 11) is 0. The van der Waals surface area contributed by atoms with E-state index in [1.807, 2.05) is 0 Å². The van der Waals surface area contributed by atoms with Gasteiger partial charge in [0.1, 0.15) is 0 Å². The van der Waals surface area contributed by atoms with E-state index in [4.69, 9.17) is 7.12 Å². The predicted molar refractivity (Wildman–Crippen MR) is 9.89 cm³/mol. The van der Waals surface area contributed by atoms with Gasteiger partial charge < -0.3 is 0 Å². The molecule has 0 aromatic carbocycles. The fourth-order valence-electron chi connectivity index (χ4n) is 0. The molecular formula is HAlO4Sm. The van der Waals surface area contributed by atoms with Crippen LogP contribution < -0.4 is 0 Å². The van der Waals surface area contributed by atoms with Gasteiger partial charge in [-0.25, -0.2) is 0 Å². The molecule has 0 unspecified atom stereocenters. The third kappa shape index (κ3) is 73.3. The van der Waals surface area contributed by atoms with E-state index in [2.05, 4.69) is 0 Å². The molecule has 0 fully saturated rings. The number of hydrogen-bond acceptors (Lipinski definition) is 4. The van der Waals surface area contributed by atoms with Crippen LogP contribution in [0.1, 0.15) is 0 Å². The van der Waals surface area contributed by atoms with E-state index >= 15 is 0 Å². The summed E-state index contributed by atoms with van der Waals surface area (Å²) >= 11 is -3.67. The second-order valence-electron chi connectivity index (χ2n) is 0.204. The van der Waals surface area contributed by atoms with Crippen LogP contribution in [0.3, 0.4) is 0 Å². The zero-order valence-corrected chi connectivity index (χ0v) is 6.78. The number of hydrogen-bond donors (Lipinski definition) is 0. The van der Waals surface area contributed by atoms with Crippen molar-refractivity contribution < 1.29 is 41.7 Å². The van der Waals surface area contributed by atoms with Gasteiger partial charge in [-0.05, 0) is 0 Å². The fraction of sp³-hybridized carbons (Fsp3) is 0. The van der Waals surface area contributed by atoms with Crippen molar-refractivity contribution in [2.45, 2.75) is 0 Å². The van der Waals surface area contributed by atoms with Crippen molar-refractivity contribution >= 4 is 16.2 Å². The van der Waals surface area contributed by atoms with E-state index in [1.165, 1.54) is 0 Å². The van der Waals surface area contributed by atoms with Crippen LogP contribution in [0.15, 0.2) is 0 Å². The topological polar surface area (TPSA) is 68.3 Å². The molecule has 0 saturated carbocycles. The van der Waals surface area contributed by atoms with E-state index < -0.39 is 34.6 Å². The summed E-state index contributed by atoms with van der Waals surface area (Å²) in [6.07, 6.45) is 0. The van der Waals surface area contributed by atoms with Crippen LogP contribution >= 0.6 is 0 Å². The molecule has 0 aliphatic carbocycles. The van der Waals surface area contributed by atoms with Crippen molar-refractivity contribution in [2.75, 3.05) is 0 Å². The third-order valence-corrected chi connectivity index (χ3v) is 0. The van der Waals surface area contributed by atoms with Crippen molar-refractivity contribution in [1.82, 2.24) is 0 Å². The fourth-order valence-corrected chi connectivity index (χ4v) is 0. The first-order valence-electron chi connectivity index (χ1n) is 0.789. The average molecular weight is 242 g/mol. The van der Waals surface area contributed by atoms with Crippen LogP contribution in [0.25, 0.3) is 0 Å². The van der Waals surface area contributed by atoms with Crippen LogP contribution in [0.4, 0.5) is 0 Å². The van der Waals surface area contributed by atoms with Crippen molar-refractivity contribution in [3.63, 3.8) is 0 Å². The zero-order valence-electron chi connectivity index (χ0n) is 2.75. The summed E-state index contributed by atoms with van der Waals surface area (Å²) in [5.41, 5.74) is 0. The van der Waals surface area contributed by atoms with Gasteiger partial charge in [-0.1, -0.05) is 0 Å². The van der Waals surface area contributed by atoms with Gasteiger partial charge in [0, 0.05) is 0 Å². The Morgan fingerprint density at radius 3 is 1.00 bits per heavy atom. The van der Waals surface area contributed by atoms with Crippen LogP contribution in [0, 0.1) is 34.6 Å². The molecule has 0 amide bonds. The summed E-state index contributed by atoms with van der Waals surface area (Å²) in [5.74, 6) is 0.